The molecule has 27 heavy (non-hydrogen) atoms. The number of halogens is 3. The number of ether oxygens (including phenoxy) is 1. The second kappa shape index (κ2) is 8.08. The smallest absolute Gasteiger partial charge is 0.507 e. The van der Waals surface area contributed by atoms with Gasteiger partial charge in [0.2, 0.25) is 0 Å². The van der Waals surface area contributed by atoms with E-state index in [2.05, 4.69) is 17.9 Å². The first-order chi connectivity index (χ1) is 12.5. The number of alkyl halides is 3. The minimum atomic E-state index is -4.80. The van der Waals surface area contributed by atoms with E-state index >= 15 is 0 Å². The summed E-state index contributed by atoms with van der Waals surface area (Å²) in [5.41, 5.74) is 8.07. The first-order valence-electron chi connectivity index (χ1n) is 8.70. The number of likely N-dealkylation sites (N-methyl/N-ethyl adjacent to an activating group) is 1. The molecule has 1 aliphatic rings. The summed E-state index contributed by atoms with van der Waals surface area (Å²) < 4.78 is 41.8. The summed E-state index contributed by atoms with van der Waals surface area (Å²) >= 11 is 0. The largest absolute Gasteiger partial charge is 0.573 e. The number of benzene rings is 1. The Labute approximate surface area is 157 Å². The Bertz CT molecular complexity index is 765. The van der Waals surface area contributed by atoms with E-state index in [0.717, 1.165) is 24.6 Å². The van der Waals surface area contributed by atoms with Crippen LogP contribution in [-0.2, 0) is 0 Å². The van der Waals surface area contributed by atoms with Gasteiger partial charge in [0.25, 0.3) is 0 Å². The normalized spacial score (nSPS) is 27.3. The van der Waals surface area contributed by atoms with Crippen molar-refractivity contribution in [2.24, 2.45) is 5.73 Å². The molecule has 2 atom stereocenters. The Morgan fingerprint density at radius 2 is 2.11 bits per heavy atom. The number of phenols is 1. The van der Waals surface area contributed by atoms with Crippen LogP contribution < -0.4 is 10.5 Å². The highest BCUT2D eigenvalue weighted by Crippen LogP contribution is 2.41. The van der Waals surface area contributed by atoms with E-state index in [0.29, 0.717) is 22.3 Å². The molecule has 1 aromatic rings. The van der Waals surface area contributed by atoms with Gasteiger partial charge in [0.15, 0.2) is 0 Å². The van der Waals surface area contributed by atoms with E-state index < -0.39 is 12.1 Å². The van der Waals surface area contributed by atoms with Gasteiger partial charge in [0.05, 0.1) is 25.7 Å². The molecule has 4 nitrogen and oxygen atoms in total. The second-order valence-electron chi connectivity index (χ2n) is 7.13. The summed E-state index contributed by atoms with van der Waals surface area (Å²) in [6.45, 7) is 5.19. The lowest BCUT2D eigenvalue weighted by atomic mass is 9.93. The van der Waals surface area contributed by atoms with Crippen LogP contribution in [0.1, 0.15) is 31.9 Å². The fourth-order valence-electron chi connectivity index (χ4n) is 3.48. The van der Waals surface area contributed by atoms with Crippen molar-refractivity contribution in [1.29, 1.82) is 0 Å². The van der Waals surface area contributed by atoms with E-state index in [4.69, 9.17) is 5.73 Å². The van der Waals surface area contributed by atoms with E-state index in [1.54, 1.807) is 0 Å². The molecule has 0 saturated carbocycles. The van der Waals surface area contributed by atoms with Crippen molar-refractivity contribution in [1.82, 2.24) is 0 Å². The number of nitrogens with zero attached hydrogens (tertiary/aromatic N) is 1. The van der Waals surface area contributed by atoms with Crippen LogP contribution >= 0.6 is 0 Å². The summed E-state index contributed by atoms with van der Waals surface area (Å²) in [7, 11) is 2.06. The SMILES string of the molecule is C/C(N)=C\C[N+]1(C)CC/C=C\C=C(/C)C1c1ccc(OC(F)(F)F)cc1O. The molecular weight excluding hydrogens is 357 g/mol. The Hall–Kier alpha value is -2.41. The first-order valence-corrected chi connectivity index (χ1v) is 8.70. The number of hydrogen-bond donors (Lipinski definition) is 2. The molecule has 0 bridgehead atoms. The van der Waals surface area contributed by atoms with Gasteiger partial charge in [0.1, 0.15) is 17.5 Å². The van der Waals surface area contributed by atoms with Crippen molar-refractivity contribution in [3.05, 3.63) is 59.3 Å². The quantitative estimate of drug-likeness (QED) is 0.750. The second-order valence-corrected chi connectivity index (χ2v) is 7.13. The number of phenolic OH excluding ortho intramolecular Hbond substituents is 1. The predicted molar refractivity (Wildman–Crippen MR) is 98.9 cm³/mol. The van der Waals surface area contributed by atoms with Crippen molar-refractivity contribution in [3.63, 3.8) is 0 Å². The standard InChI is InChI=1S/C20H25F3N2O2/c1-14-7-5-4-6-11-25(3,12-10-15(2)24)19(14)17-9-8-16(13-18(17)26)27-20(21,22)23/h4-5,7-10,13,19H,6,11-12,24H2,1-3H3/p+1/b5-4-,14-7+,15-10+. The van der Waals surface area contributed by atoms with Crippen LogP contribution in [-0.4, -0.2) is 36.1 Å². The van der Waals surface area contributed by atoms with Gasteiger partial charge < -0.3 is 20.1 Å². The van der Waals surface area contributed by atoms with E-state index in [-0.39, 0.29) is 11.8 Å². The van der Waals surface area contributed by atoms with Crippen molar-refractivity contribution in [2.75, 3.05) is 20.1 Å². The molecular formula is C20H26F3N2O2+. The van der Waals surface area contributed by atoms with Gasteiger partial charge in [-0.25, -0.2) is 0 Å². The van der Waals surface area contributed by atoms with Gasteiger partial charge in [-0.3, -0.25) is 0 Å². The number of nitrogens with two attached hydrogens (primary N) is 1. The van der Waals surface area contributed by atoms with Gasteiger partial charge in [-0.2, -0.15) is 0 Å². The summed E-state index contributed by atoms with van der Waals surface area (Å²) in [5, 5.41) is 10.5. The third-order valence-corrected chi connectivity index (χ3v) is 4.72. The van der Waals surface area contributed by atoms with E-state index in [1.165, 1.54) is 12.1 Å². The first kappa shape index (κ1) is 20.9. The highest BCUT2D eigenvalue weighted by atomic mass is 19.4. The maximum atomic E-state index is 12.4. The molecule has 148 valence electrons. The summed E-state index contributed by atoms with van der Waals surface area (Å²) in [5.74, 6) is -0.667. The molecule has 0 saturated heterocycles. The predicted octanol–water partition coefficient (Wildman–Crippen LogP) is 4.55. The lowest BCUT2D eigenvalue weighted by Crippen LogP contribution is -2.48. The fraction of sp³-hybridized carbons (Fsp3) is 0.400. The molecule has 0 aliphatic carbocycles. The zero-order valence-corrected chi connectivity index (χ0v) is 15.8. The zero-order valence-electron chi connectivity index (χ0n) is 15.8. The van der Waals surface area contributed by atoms with Crippen molar-refractivity contribution in [2.45, 2.75) is 32.7 Å². The van der Waals surface area contributed by atoms with Crippen molar-refractivity contribution in [3.8, 4) is 11.5 Å². The minimum absolute atomic E-state index is 0.225. The number of hydrogen-bond acceptors (Lipinski definition) is 3. The minimum Gasteiger partial charge on any atom is -0.507 e. The Balaban J connectivity index is 2.49. The average molecular weight is 383 g/mol. The molecule has 0 fully saturated rings. The molecule has 2 unspecified atom stereocenters. The van der Waals surface area contributed by atoms with Crippen molar-refractivity contribution < 1.29 is 27.5 Å². The monoisotopic (exact) mass is 383 g/mol. The number of allylic oxidation sites excluding steroid dienone is 3. The molecule has 0 aromatic heterocycles. The highest BCUT2D eigenvalue weighted by Gasteiger charge is 2.37. The molecule has 7 heteroatoms. The molecule has 1 heterocycles. The van der Waals surface area contributed by atoms with Crippen LogP contribution in [0.2, 0.25) is 0 Å². The maximum Gasteiger partial charge on any atom is 0.573 e. The van der Waals surface area contributed by atoms with Crippen LogP contribution in [0, 0.1) is 0 Å². The molecule has 0 amide bonds. The van der Waals surface area contributed by atoms with Crippen LogP contribution in [0.3, 0.4) is 0 Å². The third-order valence-electron chi connectivity index (χ3n) is 4.72. The lowest BCUT2D eigenvalue weighted by Gasteiger charge is -2.42. The highest BCUT2D eigenvalue weighted by molar-refractivity contribution is 5.44. The zero-order chi connectivity index (χ0) is 20.2. The van der Waals surface area contributed by atoms with Crippen LogP contribution in [0.4, 0.5) is 13.2 Å². The van der Waals surface area contributed by atoms with Gasteiger partial charge in [0, 0.05) is 18.2 Å². The Morgan fingerprint density at radius 1 is 1.41 bits per heavy atom. The molecule has 0 spiro atoms. The maximum absolute atomic E-state index is 12.4. The van der Waals surface area contributed by atoms with Crippen LogP contribution in [0.25, 0.3) is 0 Å². The van der Waals surface area contributed by atoms with Gasteiger partial charge in [-0.15, -0.1) is 13.2 Å². The number of rotatable bonds is 4. The molecule has 3 N–H and O–H groups in total. The van der Waals surface area contributed by atoms with Gasteiger partial charge in [-0.1, -0.05) is 18.2 Å². The molecule has 1 aromatic carbocycles. The Kier molecular flexibility index (Phi) is 6.26. The fourth-order valence-corrected chi connectivity index (χ4v) is 3.48. The third kappa shape index (κ3) is 5.53. The molecule has 1 aliphatic heterocycles. The number of quaternary nitrogens is 1. The Morgan fingerprint density at radius 3 is 2.70 bits per heavy atom. The van der Waals surface area contributed by atoms with Gasteiger partial charge in [-0.05, 0) is 37.6 Å². The molecule has 2 rings (SSSR count). The summed E-state index contributed by atoms with van der Waals surface area (Å²) in [6, 6.07) is 3.52. The van der Waals surface area contributed by atoms with Crippen LogP contribution in [0.15, 0.2) is 53.8 Å². The number of aromatic hydroxyl groups is 1. The van der Waals surface area contributed by atoms with E-state index in [1.807, 2.05) is 32.1 Å². The summed E-state index contributed by atoms with van der Waals surface area (Å²) in [6.07, 6.45) is 3.99. The topological polar surface area (TPSA) is 55.5 Å². The average Bonchev–Trinajstić information content (AvgIpc) is 2.52. The van der Waals surface area contributed by atoms with Gasteiger partial charge >= 0.3 is 6.36 Å². The molecule has 0 radical (unpaired) electrons. The van der Waals surface area contributed by atoms with Crippen LogP contribution in [0.5, 0.6) is 11.5 Å². The van der Waals surface area contributed by atoms with E-state index in [9.17, 15) is 18.3 Å². The van der Waals surface area contributed by atoms with Crippen molar-refractivity contribution >= 4 is 0 Å². The lowest BCUT2D eigenvalue weighted by molar-refractivity contribution is -0.928. The summed E-state index contributed by atoms with van der Waals surface area (Å²) in [4.78, 5) is 0.